The van der Waals surface area contributed by atoms with Gasteiger partial charge in [-0.3, -0.25) is 0 Å². The molecule has 0 spiro atoms. The third-order valence-corrected chi connectivity index (χ3v) is 4.89. The van der Waals surface area contributed by atoms with Crippen LogP contribution in [0.5, 0.6) is 0 Å². The third kappa shape index (κ3) is 4.11. The van der Waals surface area contributed by atoms with Crippen molar-refractivity contribution in [3.63, 3.8) is 0 Å². The minimum absolute atomic E-state index is 0.237. The van der Waals surface area contributed by atoms with Gasteiger partial charge in [0, 0.05) is 31.6 Å². The Balaban J connectivity index is 1.55. The molecule has 1 aromatic carbocycles. The summed E-state index contributed by atoms with van der Waals surface area (Å²) in [6, 6.07) is 7.73. The second-order valence-corrected chi connectivity index (χ2v) is 6.78. The Kier molecular flexibility index (Phi) is 4.97. The number of aromatic nitrogens is 2. The molecule has 6 nitrogen and oxygen atoms in total. The fraction of sp³-hybridized carbons (Fsp3) is 0.400. The highest BCUT2D eigenvalue weighted by Crippen LogP contribution is 2.22. The van der Waals surface area contributed by atoms with E-state index < -0.39 is 0 Å². The Morgan fingerprint density at radius 3 is 2.83 bits per heavy atom. The number of ether oxygens (including phenoxy) is 1. The number of hydrogen-bond donors (Lipinski definition) is 0. The second-order valence-electron chi connectivity index (χ2n) is 5.30. The topological polar surface area (TPSA) is 58.6 Å². The van der Waals surface area contributed by atoms with Gasteiger partial charge in [0.15, 0.2) is 0 Å². The molecule has 122 valence electrons. The monoisotopic (exact) mass is 352 g/mol. The Hall–Kier alpha value is -1.86. The lowest BCUT2D eigenvalue weighted by Gasteiger charge is -2.18. The van der Waals surface area contributed by atoms with Gasteiger partial charge in [-0.2, -0.15) is 0 Å². The van der Waals surface area contributed by atoms with Crippen LogP contribution in [0, 0.1) is 0 Å². The van der Waals surface area contributed by atoms with Crippen molar-refractivity contribution < 1.29 is 9.53 Å². The van der Waals surface area contributed by atoms with E-state index in [9.17, 15) is 4.79 Å². The fourth-order valence-corrected chi connectivity index (χ4v) is 3.23. The molecule has 1 aliphatic rings. The first-order chi connectivity index (χ1) is 11.1. The molecule has 0 unspecified atom stereocenters. The molecule has 1 aromatic heterocycles. The Morgan fingerprint density at radius 2 is 2.13 bits per heavy atom. The summed E-state index contributed by atoms with van der Waals surface area (Å²) >= 11 is 7.45. The van der Waals surface area contributed by atoms with Crippen molar-refractivity contribution in [3.05, 3.63) is 39.9 Å². The highest BCUT2D eigenvalue weighted by molar-refractivity contribution is 7.15. The lowest BCUT2D eigenvalue weighted by atomic mass is 10.2. The van der Waals surface area contributed by atoms with Gasteiger partial charge in [0.05, 0.1) is 6.54 Å². The maximum absolute atomic E-state index is 11.4. The predicted molar refractivity (Wildman–Crippen MR) is 90.4 cm³/mol. The maximum Gasteiger partial charge on any atom is 0.409 e. The molecular formula is C15H17ClN4O2S. The second kappa shape index (κ2) is 7.14. The van der Waals surface area contributed by atoms with Crippen LogP contribution in [0.2, 0.25) is 5.02 Å². The molecule has 0 aliphatic carbocycles. The number of nitrogens with zero attached hydrogens (tertiary/aromatic N) is 4. The van der Waals surface area contributed by atoms with Crippen LogP contribution in [0.15, 0.2) is 24.3 Å². The van der Waals surface area contributed by atoms with Gasteiger partial charge in [0.2, 0.25) is 5.13 Å². The van der Waals surface area contributed by atoms with Gasteiger partial charge in [-0.15, -0.1) is 10.2 Å². The first-order valence-electron chi connectivity index (χ1n) is 7.31. The quantitative estimate of drug-likeness (QED) is 0.800. The summed E-state index contributed by atoms with van der Waals surface area (Å²) in [4.78, 5) is 15.1. The number of hydrogen-bond acceptors (Lipinski definition) is 6. The van der Waals surface area contributed by atoms with Crippen molar-refractivity contribution in [2.75, 3.05) is 38.2 Å². The summed E-state index contributed by atoms with van der Waals surface area (Å²) in [5.74, 6) is 0. The molecule has 0 saturated carbocycles. The molecule has 3 rings (SSSR count). The van der Waals surface area contributed by atoms with E-state index in [1.165, 1.54) is 0 Å². The summed E-state index contributed by atoms with van der Waals surface area (Å²) in [7, 11) is 1.95. The fourth-order valence-electron chi connectivity index (χ4n) is 2.24. The molecule has 1 saturated heterocycles. The van der Waals surface area contributed by atoms with Gasteiger partial charge in [-0.25, -0.2) is 4.79 Å². The van der Waals surface area contributed by atoms with Gasteiger partial charge in [-0.1, -0.05) is 35.1 Å². The SMILES string of the molecule is CN(CCN1CCOC1=O)c1nnc(Cc2ccc(Cl)cc2)s1. The summed E-state index contributed by atoms with van der Waals surface area (Å²) in [5, 5.41) is 11.0. The number of carbonyl (C=O) groups excluding carboxylic acids is 1. The van der Waals surface area contributed by atoms with E-state index in [1.807, 2.05) is 36.2 Å². The number of carbonyl (C=O) groups is 1. The summed E-state index contributed by atoms with van der Waals surface area (Å²) in [6.45, 7) is 2.46. The highest BCUT2D eigenvalue weighted by Gasteiger charge is 2.22. The molecule has 0 radical (unpaired) electrons. The van der Waals surface area contributed by atoms with E-state index >= 15 is 0 Å². The zero-order valence-electron chi connectivity index (χ0n) is 12.7. The molecule has 1 fully saturated rings. The van der Waals surface area contributed by atoms with Crippen LogP contribution in [0.25, 0.3) is 0 Å². The molecule has 23 heavy (non-hydrogen) atoms. The number of benzene rings is 1. The molecular weight excluding hydrogens is 336 g/mol. The van der Waals surface area contributed by atoms with E-state index in [0.717, 1.165) is 27.1 Å². The molecule has 0 atom stereocenters. The summed E-state index contributed by atoms with van der Waals surface area (Å²) in [5.41, 5.74) is 1.15. The average molecular weight is 353 g/mol. The molecule has 1 aliphatic heterocycles. The Labute approximate surface area is 143 Å². The van der Waals surface area contributed by atoms with Crippen LogP contribution < -0.4 is 4.90 Å². The largest absolute Gasteiger partial charge is 0.448 e. The molecule has 1 amide bonds. The molecule has 0 bridgehead atoms. The van der Waals surface area contributed by atoms with E-state index in [1.54, 1.807) is 16.2 Å². The van der Waals surface area contributed by atoms with E-state index in [0.29, 0.717) is 26.2 Å². The smallest absolute Gasteiger partial charge is 0.409 e. The Bertz CT molecular complexity index is 676. The van der Waals surface area contributed by atoms with Crippen molar-refractivity contribution in [2.24, 2.45) is 0 Å². The third-order valence-electron chi connectivity index (χ3n) is 3.60. The van der Waals surface area contributed by atoms with Crippen molar-refractivity contribution >= 4 is 34.2 Å². The molecule has 2 heterocycles. The van der Waals surface area contributed by atoms with E-state index in [2.05, 4.69) is 10.2 Å². The molecule has 0 N–H and O–H groups in total. The minimum Gasteiger partial charge on any atom is -0.448 e. The lowest BCUT2D eigenvalue weighted by molar-refractivity contribution is 0.159. The standard InChI is InChI=1S/C15H17ClN4O2S/c1-19(6-7-20-8-9-22-15(20)21)14-18-17-13(23-14)10-11-2-4-12(16)5-3-11/h2-5H,6-10H2,1H3. The summed E-state index contributed by atoms with van der Waals surface area (Å²) in [6.07, 6.45) is 0.500. The number of cyclic esters (lactones) is 1. The van der Waals surface area contributed by atoms with Crippen LogP contribution in [0.3, 0.4) is 0 Å². The van der Waals surface area contributed by atoms with Gasteiger partial charge in [-0.05, 0) is 17.7 Å². The molecule has 2 aromatic rings. The van der Waals surface area contributed by atoms with Crippen LogP contribution in [0.4, 0.5) is 9.93 Å². The number of rotatable bonds is 6. The van der Waals surface area contributed by atoms with Gasteiger partial charge in [0.1, 0.15) is 11.6 Å². The van der Waals surface area contributed by atoms with Crippen molar-refractivity contribution in [1.82, 2.24) is 15.1 Å². The Morgan fingerprint density at radius 1 is 1.35 bits per heavy atom. The first-order valence-corrected chi connectivity index (χ1v) is 8.51. The van der Waals surface area contributed by atoms with Crippen molar-refractivity contribution in [3.8, 4) is 0 Å². The number of halogens is 1. The maximum atomic E-state index is 11.4. The number of likely N-dealkylation sites (N-methyl/N-ethyl adjacent to an activating group) is 1. The molecule has 8 heteroatoms. The van der Waals surface area contributed by atoms with Crippen LogP contribution in [0.1, 0.15) is 10.6 Å². The van der Waals surface area contributed by atoms with Crippen LogP contribution >= 0.6 is 22.9 Å². The predicted octanol–water partition coefficient (Wildman–Crippen LogP) is 2.67. The summed E-state index contributed by atoms with van der Waals surface area (Å²) < 4.78 is 4.92. The van der Waals surface area contributed by atoms with Gasteiger partial charge >= 0.3 is 6.09 Å². The van der Waals surface area contributed by atoms with E-state index in [4.69, 9.17) is 16.3 Å². The van der Waals surface area contributed by atoms with Crippen molar-refractivity contribution in [1.29, 1.82) is 0 Å². The first kappa shape index (κ1) is 16.0. The highest BCUT2D eigenvalue weighted by atomic mass is 35.5. The average Bonchev–Trinajstić information content (AvgIpc) is 3.16. The number of amides is 1. The van der Waals surface area contributed by atoms with Gasteiger partial charge < -0.3 is 14.5 Å². The van der Waals surface area contributed by atoms with E-state index in [-0.39, 0.29) is 6.09 Å². The van der Waals surface area contributed by atoms with Crippen LogP contribution in [-0.4, -0.2) is 54.5 Å². The van der Waals surface area contributed by atoms with Crippen molar-refractivity contribution in [2.45, 2.75) is 6.42 Å². The normalized spacial score (nSPS) is 14.2. The van der Waals surface area contributed by atoms with Crippen LogP contribution in [-0.2, 0) is 11.2 Å². The minimum atomic E-state index is -0.237. The number of anilines is 1. The lowest BCUT2D eigenvalue weighted by Crippen LogP contribution is -2.33. The zero-order valence-corrected chi connectivity index (χ0v) is 14.3. The zero-order chi connectivity index (χ0) is 16.2. The van der Waals surface area contributed by atoms with Gasteiger partial charge in [0.25, 0.3) is 0 Å².